The lowest BCUT2D eigenvalue weighted by Crippen LogP contribution is -2.11. The van der Waals surface area contributed by atoms with Crippen molar-refractivity contribution in [2.75, 3.05) is 0 Å². The molecule has 0 saturated heterocycles. The summed E-state index contributed by atoms with van der Waals surface area (Å²) in [6.45, 7) is 5.47. The van der Waals surface area contributed by atoms with Crippen LogP contribution in [0.25, 0.3) is 6.08 Å². The Labute approximate surface area is 121 Å². The number of nitroso groups, excluding NO2 is 1. The Balaban J connectivity index is 2.81. The molecule has 1 rings (SSSR count). The zero-order valence-corrected chi connectivity index (χ0v) is 12.1. The molecule has 1 heterocycles. The molecule has 0 unspecified atom stereocenters. The number of allylic oxidation sites excluding steroid dienone is 3. The molecule has 2 N–H and O–H groups in total. The minimum atomic E-state index is -0.611. The van der Waals surface area contributed by atoms with Gasteiger partial charge in [0, 0.05) is 6.08 Å². The third-order valence-corrected chi connectivity index (χ3v) is 2.58. The van der Waals surface area contributed by atoms with Crippen molar-refractivity contribution >= 4 is 12.0 Å². The summed E-state index contributed by atoms with van der Waals surface area (Å²) in [5.74, 6) is 5.30. The molecule has 0 radical (unpaired) electrons. The van der Waals surface area contributed by atoms with E-state index in [2.05, 4.69) is 20.1 Å². The Morgan fingerprint density at radius 3 is 2.81 bits per heavy atom. The van der Waals surface area contributed by atoms with E-state index in [-0.39, 0.29) is 0 Å². The average Bonchev–Trinajstić information content (AvgIpc) is 2.82. The lowest BCUT2D eigenvalue weighted by Gasteiger charge is -1.99. The van der Waals surface area contributed by atoms with Crippen LogP contribution in [-0.2, 0) is 16.2 Å². The molecule has 0 saturated carbocycles. The largest absolute Gasteiger partial charge is 0.370 e. The monoisotopic (exact) mass is 291 g/mol. The number of carbonyl (C=O) groups is 1. The topological polar surface area (TPSA) is 112 Å². The van der Waals surface area contributed by atoms with E-state index in [1.807, 2.05) is 0 Å². The van der Waals surface area contributed by atoms with Crippen molar-refractivity contribution in [1.82, 2.24) is 14.8 Å². The summed E-state index contributed by atoms with van der Waals surface area (Å²) in [7, 11) is 0. The molecule has 21 heavy (non-hydrogen) atoms. The average molecular weight is 291 g/mol. The predicted molar refractivity (Wildman–Crippen MR) is 77.4 cm³/mol. The molecule has 0 amide bonds. The van der Waals surface area contributed by atoms with Crippen LogP contribution in [0.15, 0.2) is 34.7 Å². The highest BCUT2D eigenvalue weighted by Gasteiger charge is 2.06. The van der Waals surface area contributed by atoms with Crippen LogP contribution in [0.1, 0.15) is 25.5 Å². The van der Waals surface area contributed by atoms with Crippen molar-refractivity contribution in [1.29, 1.82) is 0 Å². The number of rotatable bonds is 6. The van der Waals surface area contributed by atoms with E-state index in [0.717, 1.165) is 0 Å². The van der Waals surface area contributed by atoms with E-state index in [0.29, 0.717) is 29.5 Å². The first-order chi connectivity index (χ1) is 10.0. The minimum absolute atomic E-state index is 0.296. The smallest absolute Gasteiger partial charge is 0.356 e. The van der Waals surface area contributed by atoms with Gasteiger partial charge in [0.2, 0.25) is 0 Å². The lowest BCUT2D eigenvalue weighted by molar-refractivity contribution is -0.139. The van der Waals surface area contributed by atoms with Gasteiger partial charge in [-0.25, -0.2) is 14.5 Å². The Hall–Kier alpha value is -2.61. The molecule has 1 aromatic heterocycles. The lowest BCUT2D eigenvalue weighted by atomic mass is 10.2. The summed E-state index contributed by atoms with van der Waals surface area (Å²) >= 11 is 0. The van der Waals surface area contributed by atoms with E-state index in [1.165, 1.54) is 6.08 Å². The van der Waals surface area contributed by atoms with E-state index in [1.54, 1.807) is 43.7 Å². The second-order valence-electron chi connectivity index (χ2n) is 4.13. The van der Waals surface area contributed by atoms with Gasteiger partial charge in [-0.2, -0.15) is 11.0 Å². The van der Waals surface area contributed by atoms with Crippen molar-refractivity contribution in [3.63, 3.8) is 0 Å². The number of aromatic nitrogens is 3. The Bertz CT molecular complexity index is 613. The second-order valence-corrected chi connectivity index (χ2v) is 4.13. The van der Waals surface area contributed by atoms with Gasteiger partial charge >= 0.3 is 5.97 Å². The number of carbonyl (C=O) groups excluding carboxylic acids is 1. The number of nitrogens with two attached hydrogens (primary N) is 1. The molecular formula is C13H17N5O3. The SMILES string of the molecule is C/C=C(\C=C/Cn1nc(/C=C(/C)N=O)nc1C)C(=O)ON. The van der Waals surface area contributed by atoms with Crippen LogP contribution in [0, 0.1) is 11.8 Å². The molecule has 0 aliphatic heterocycles. The van der Waals surface area contributed by atoms with Gasteiger partial charge in [-0.15, -0.1) is 4.91 Å². The fraction of sp³-hybridized carbons (Fsp3) is 0.308. The van der Waals surface area contributed by atoms with Crippen molar-refractivity contribution in [3.8, 4) is 0 Å². The normalized spacial score (nSPS) is 12.8. The molecule has 0 aromatic carbocycles. The molecule has 1 aromatic rings. The Morgan fingerprint density at radius 1 is 1.52 bits per heavy atom. The highest BCUT2D eigenvalue weighted by Crippen LogP contribution is 2.05. The number of aryl methyl sites for hydroxylation is 1. The summed E-state index contributed by atoms with van der Waals surface area (Å²) in [4.78, 5) is 29.9. The van der Waals surface area contributed by atoms with E-state index >= 15 is 0 Å². The van der Waals surface area contributed by atoms with Crippen LogP contribution in [-0.4, -0.2) is 20.7 Å². The van der Waals surface area contributed by atoms with E-state index in [4.69, 9.17) is 5.90 Å². The third-order valence-electron chi connectivity index (χ3n) is 2.58. The highest BCUT2D eigenvalue weighted by molar-refractivity contribution is 5.91. The molecule has 8 nitrogen and oxygen atoms in total. The maximum Gasteiger partial charge on any atom is 0.356 e. The third kappa shape index (κ3) is 4.77. The summed E-state index contributed by atoms with van der Waals surface area (Å²) in [6.07, 6.45) is 6.40. The van der Waals surface area contributed by atoms with Crippen LogP contribution in [0.5, 0.6) is 0 Å². The summed E-state index contributed by atoms with van der Waals surface area (Å²) in [5.41, 5.74) is 0.640. The number of hydrogen-bond acceptors (Lipinski definition) is 7. The van der Waals surface area contributed by atoms with Crippen molar-refractivity contribution < 1.29 is 9.63 Å². The fourth-order valence-electron chi connectivity index (χ4n) is 1.52. The molecule has 112 valence electrons. The predicted octanol–water partition coefficient (Wildman–Crippen LogP) is 1.63. The first-order valence-corrected chi connectivity index (χ1v) is 6.18. The van der Waals surface area contributed by atoms with Crippen LogP contribution in [0.3, 0.4) is 0 Å². The molecular weight excluding hydrogens is 274 g/mol. The molecule has 0 spiro atoms. The van der Waals surface area contributed by atoms with Gasteiger partial charge in [0.25, 0.3) is 0 Å². The first-order valence-electron chi connectivity index (χ1n) is 6.18. The highest BCUT2D eigenvalue weighted by atomic mass is 16.7. The fourth-order valence-corrected chi connectivity index (χ4v) is 1.52. The number of hydrogen-bond donors (Lipinski definition) is 1. The Morgan fingerprint density at radius 2 is 2.24 bits per heavy atom. The molecule has 0 bridgehead atoms. The maximum atomic E-state index is 11.3. The van der Waals surface area contributed by atoms with Crippen LogP contribution >= 0.6 is 0 Å². The first kappa shape index (κ1) is 16.4. The van der Waals surface area contributed by atoms with Crippen LogP contribution in [0.2, 0.25) is 0 Å². The molecule has 0 fully saturated rings. The summed E-state index contributed by atoms with van der Waals surface area (Å²) in [6, 6.07) is 0. The zero-order chi connectivity index (χ0) is 15.8. The van der Waals surface area contributed by atoms with Crippen LogP contribution < -0.4 is 5.90 Å². The summed E-state index contributed by atoms with van der Waals surface area (Å²) in [5, 5.41) is 6.99. The van der Waals surface area contributed by atoms with Crippen molar-refractivity contribution in [2.24, 2.45) is 11.1 Å². The van der Waals surface area contributed by atoms with Gasteiger partial charge in [0.05, 0.1) is 17.8 Å². The Kier molecular flexibility index (Phi) is 6.15. The number of nitrogens with zero attached hydrogens (tertiary/aromatic N) is 4. The van der Waals surface area contributed by atoms with E-state index < -0.39 is 5.97 Å². The minimum Gasteiger partial charge on any atom is -0.370 e. The maximum absolute atomic E-state index is 11.3. The molecule has 0 aliphatic carbocycles. The standard InChI is InChI=1S/C13H17N5O3/c1-4-11(13(19)21-14)6-5-7-18-10(3)15-12(16-18)8-9(2)17-20/h4-6,8H,7,14H2,1-3H3/b6-5-,9-8-,11-4+. The molecule has 0 aliphatic rings. The summed E-state index contributed by atoms with van der Waals surface area (Å²) < 4.78 is 1.63. The van der Waals surface area contributed by atoms with Gasteiger partial charge in [-0.05, 0) is 25.9 Å². The van der Waals surface area contributed by atoms with Crippen molar-refractivity contribution in [3.05, 3.63) is 46.1 Å². The quantitative estimate of drug-likeness (QED) is 0.369. The zero-order valence-electron chi connectivity index (χ0n) is 12.1. The van der Waals surface area contributed by atoms with Gasteiger partial charge < -0.3 is 4.84 Å². The van der Waals surface area contributed by atoms with Crippen LogP contribution in [0.4, 0.5) is 0 Å². The van der Waals surface area contributed by atoms with Gasteiger partial charge in [-0.3, -0.25) is 0 Å². The molecule has 8 heteroatoms. The molecule has 0 atom stereocenters. The van der Waals surface area contributed by atoms with Gasteiger partial charge in [0.1, 0.15) is 5.82 Å². The van der Waals surface area contributed by atoms with Crippen molar-refractivity contribution in [2.45, 2.75) is 27.3 Å². The second kappa shape index (κ2) is 7.85. The van der Waals surface area contributed by atoms with Gasteiger partial charge in [-0.1, -0.05) is 18.2 Å². The van der Waals surface area contributed by atoms with E-state index in [9.17, 15) is 9.70 Å². The van der Waals surface area contributed by atoms with Gasteiger partial charge in [0.15, 0.2) is 5.82 Å².